The predicted molar refractivity (Wildman–Crippen MR) is 110 cm³/mol. The van der Waals surface area contributed by atoms with E-state index in [1.165, 1.54) is 6.92 Å². The van der Waals surface area contributed by atoms with Crippen LogP contribution in [-0.4, -0.2) is 60.1 Å². The van der Waals surface area contributed by atoms with Gasteiger partial charge in [0.25, 0.3) is 0 Å². The van der Waals surface area contributed by atoms with Crippen molar-refractivity contribution in [1.82, 2.24) is 21.0 Å². The molecule has 0 aromatic rings. The molecule has 29 heavy (non-hydrogen) atoms. The number of hydroxylamine groups is 2. The molecular formula is C20H36N4O5. The number of unbranched alkanes of at least 4 members (excludes halogenated alkanes) is 2. The zero-order valence-corrected chi connectivity index (χ0v) is 17.7. The Morgan fingerprint density at radius 3 is 2.07 bits per heavy atom. The lowest BCUT2D eigenvalue weighted by Crippen LogP contribution is -2.29. The molecular weight excluding hydrogens is 376 g/mol. The first-order chi connectivity index (χ1) is 13.9. The normalized spacial score (nSPS) is 10.6. The molecule has 166 valence electrons. The van der Waals surface area contributed by atoms with Gasteiger partial charge in [-0.15, -0.1) is 0 Å². The Morgan fingerprint density at radius 1 is 0.828 bits per heavy atom. The van der Waals surface area contributed by atoms with Crippen molar-refractivity contribution in [1.29, 1.82) is 0 Å². The van der Waals surface area contributed by atoms with Crippen molar-refractivity contribution in [3.05, 3.63) is 12.2 Å². The summed E-state index contributed by atoms with van der Waals surface area (Å²) < 4.78 is 0. The summed E-state index contributed by atoms with van der Waals surface area (Å²) >= 11 is 0. The largest absolute Gasteiger partial charge is 0.356 e. The Balaban J connectivity index is 3.56. The van der Waals surface area contributed by atoms with Crippen LogP contribution in [0.25, 0.3) is 0 Å². The van der Waals surface area contributed by atoms with E-state index in [0.717, 1.165) is 19.3 Å². The van der Waals surface area contributed by atoms with Crippen LogP contribution in [0, 0.1) is 0 Å². The van der Waals surface area contributed by atoms with Crippen LogP contribution < -0.4 is 16.0 Å². The Kier molecular flexibility index (Phi) is 16.2. The van der Waals surface area contributed by atoms with Gasteiger partial charge in [0.15, 0.2) is 0 Å². The number of nitrogens with zero attached hydrogens (tertiary/aromatic N) is 1. The van der Waals surface area contributed by atoms with Crippen molar-refractivity contribution in [2.45, 2.75) is 65.2 Å². The SMILES string of the molecule is CCCC(=O)NC/C=C/CCNC(=O)CCC(=O)NCCCCCN(O)C(C)=O. The maximum atomic E-state index is 11.7. The molecule has 0 radical (unpaired) electrons. The molecule has 0 heterocycles. The summed E-state index contributed by atoms with van der Waals surface area (Å²) in [6.07, 6.45) is 8.23. The first kappa shape index (κ1) is 26.6. The lowest BCUT2D eigenvalue weighted by molar-refractivity contribution is -0.162. The van der Waals surface area contributed by atoms with Gasteiger partial charge in [-0.05, 0) is 32.1 Å². The summed E-state index contributed by atoms with van der Waals surface area (Å²) in [5, 5.41) is 18.1. The van der Waals surface area contributed by atoms with Crippen molar-refractivity contribution >= 4 is 23.6 Å². The molecule has 0 fully saturated rings. The molecule has 0 atom stereocenters. The van der Waals surface area contributed by atoms with Crippen molar-refractivity contribution in [3.8, 4) is 0 Å². The van der Waals surface area contributed by atoms with E-state index in [1.54, 1.807) is 0 Å². The van der Waals surface area contributed by atoms with Crippen molar-refractivity contribution in [3.63, 3.8) is 0 Å². The van der Waals surface area contributed by atoms with Crippen LogP contribution in [-0.2, 0) is 19.2 Å². The predicted octanol–water partition coefficient (Wildman–Crippen LogP) is 1.27. The molecule has 0 aliphatic carbocycles. The number of hydrogen-bond donors (Lipinski definition) is 4. The number of nitrogens with one attached hydrogen (secondary N) is 3. The maximum absolute atomic E-state index is 11.7. The van der Waals surface area contributed by atoms with Crippen LogP contribution in [0.4, 0.5) is 0 Å². The minimum atomic E-state index is -0.386. The summed E-state index contributed by atoms with van der Waals surface area (Å²) in [5.41, 5.74) is 0. The highest BCUT2D eigenvalue weighted by Gasteiger charge is 2.06. The maximum Gasteiger partial charge on any atom is 0.242 e. The van der Waals surface area contributed by atoms with Gasteiger partial charge in [-0.1, -0.05) is 19.1 Å². The highest BCUT2D eigenvalue weighted by Crippen LogP contribution is 1.97. The average Bonchev–Trinajstić information content (AvgIpc) is 2.68. The summed E-state index contributed by atoms with van der Waals surface area (Å²) in [5.74, 6) is -0.690. The number of amides is 4. The van der Waals surface area contributed by atoms with Gasteiger partial charge in [0.05, 0.1) is 0 Å². The summed E-state index contributed by atoms with van der Waals surface area (Å²) in [6.45, 7) is 5.01. The minimum absolute atomic E-state index is 0.0357. The highest BCUT2D eigenvalue weighted by atomic mass is 16.5. The second-order valence-electron chi connectivity index (χ2n) is 6.72. The van der Waals surface area contributed by atoms with Gasteiger partial charge < -0.3 is 16.0 Å². The number of rotatable bonds is 16. The third-order valence-electron chi connectivity index (χ3n) is 4.01. The van der Waals surface area contributed by atoms with Gasteiger partial charge in [0, 0.05) is 52.4 Å². The molecule has 0 rings (SSSR count). The molecule has 0 aliphatic heterocycles. The zero-order chi connectivity index (χ0) is 21.9. The van der Waals surface area contributed by atoms with E-state index < -0.39 is 0 Å². The first-order valence-corrected chi connectivity index (χ1v) is 10.3. The molecule has 0 unspecified atom stereocenters. The van der Waals surface area contributed by atoms with Crippen LogP contribution in [0.3, 0.4) is 0 Å². The molecule has 9 heteroatoms. The number of carbonyl (C=O) groups is 4. The van der Waals surface area contributed by atoms with Gasteiger partial charge in [-0.3, -0.25) is 24.4 Å². The van der Waals surface area contributed by atoms with E-state index in [4.69, 9.17) is 0 Å². The molecule has 0 saturated heterocycles. The molecule has 0 spiro atoms. The van der Waals surface area contributed by atoms with Crippen LogP contribution in [0.1, 0.15) is 65.2 Å². The molecule has 0 aromatic heterocycles. The van der Waals surface area contributed by atoms with E-state index in [2.05, 4.69) is 16.0 Å². The monoisotopic (exact) mass is 412 g/mol. The van der Waals surface area contributed by atoms with Crippen molar-refractivity contribution < 1.29 is 24.4 Å². The number of hydrogen-bond acceptors (Lipinski definition) is 5. The first-order valence-electron chi connectivity index (χ1n) is 10.3. The van der Waals surface area contributed by atoms with Gasteiger partial charge in [0.2, 0.25) is 23.6 Å². The fraction of sp³-hybridized carbons (Fsp3) is 0.700. The van der Waals surface area contributed by atoms with Gasteiger partial charge in [-0.25, -0.2) is 5.06 Å². The van der Waals surface area contributed by atoms with Crippen LogP contribution >= 0.6 is 0 Å². The van der Waals surface area contributed by atoms with Crippen LogP contribution in [0.15, 0.2) is 12.2 Å². The van der Waals surface area contributed by atoms with Gasteiger partial charge in [0.1, 0.15) is 0 Å². The van der Waals surface area contributed by atoms with Crippen LogP contribution in [0.2, 0.25) is 0 Å². The molecule has 4 amide bonds. The second-order valence-corrected chi connectivity index (χ2v) is 6.72. The zero-order valence-electron chi connectivity index (χ0n) is 17.7. The summed E-state index contributed by atoms with van der Waals surface area (Å²) in [7, 11) is 0. The van der Waals surface area contributed by atoms with Crippen LogP contribution in [0.5, 0.6) is 0 Å². The van der Waals surface area contributed by atoms with E-state index in [1.807, 2.05) is 19.1 Å². The molecule has 0 saturated carbocycles. The summed E-state index contributed by atoms with van der Waals surface area (Å²) in [4.78, 5) is 45.5. The second kappa shape index (κ2) is 17.7. The lowest BCUT2D eigenvalue weighted by atomic mass is 10.2. The average molecular weight is 413 g/mol. The van der Waals surface area contributed by atoms with Gasteiger partial charge in [-0.2, -0.15) is 0 Å². The third kappa shape index (κ3) is 17.4. The Morgan fingerprint density at radius 2 is 1.45 bits per heavy atom. The minimum Gasteiger partial charge on any atom is -0.356 e. The molecule has 0 aromatic carbocycles. The summed E-state index contributed by atoms with van der Waals surface area (Å²) in [6, 6.07) is 0. The fourth-order valence-electron chi connectivity index (χ4n) is 2.34. The molecule has 0 aliphatic rings. The molecule has 0 bridgehead atoms. The van der Waals surface area contributed by atoms with E-state index in [-0.39, 0.29) is 43.0 Å². The Hall–Kier alpha value is -2.42. The van der Waals surface area contributed by atoms with E-state index >= 15 is 0 Å². The number of carbonyl (C=O) groups excluding carboxylic acids is 4. The topological polar surface area (TPSA) is 128 Å². The highest BCUT2D eigenvalue weighted by molar-refractivity contribution is 5.83. The smallest absolute Gasteiger partial charge is 0.242 e. The standard InChI is InChI=1S/C20H36N4O5/c1-3-10-18(26)21-13-6-4-7-14-22-19(27)11-12-20(28)23-15-8-5-9-16-24(29)17(2)25/h4,6,29H,3,5,7-16H2,1-2H3,(H,21,26)(H,22,27)(H,23,28)/b6-4+. The molecule has 4 N–H and O–H groups in total. The fourth-order valence-corrected chi connectivity index (χ4v) is 2.34. The molecule has 9 nitrogen and oxygen atoms in total. The Bertz CT molecular complexity index is 537. The Labute approximate surface area is 173 Å². The van der Waals surface area contributed by atoms with Crippen molar-refractivity contribution in [2.75, 3.05) is 26.2 Å². The van der Waals surface area contributed by atoms with Crippen molar-refractivity contribution in [2.24, 2.45) is 0 Å². The van der Waals surface area contributed by atoms with Gasteiger partial charge >= 0.3 is 0 Å². The van der Waals surface area contributed by atoms with E-state index in [9.17, 15) is 24.4 Å². The quantitative estimate of drug-likeness (QED) is 0.131. The third-order valence-corrected chi connectivity index (χ3v) is 4.01. The lowest BCUT2D eigenvalue weighted by Gasteiger charge is -2.11. The van der Waals surface area contributed by atoms with E-state index in [0.29, 0.717) is 44.0 Å².